The highest BCUT2D eigenvalue weighted by atomic mass is 16.6. The summed E-state index contributed by atoms with van der Waals surface area (Å²) in [5.74, 6) is 0.490. The molecule has 0 saturated carbocycles. The summed E-state index contributed by atoms with van der Waals surface area (Å²) >= 11 is 0. The molecule has 7 heteroatoms. The van der Waals surface area contributed by atoms with Gasteiger partial charge in [0.1, 0.15) is 13.2 Å². The molecule has 1 aromatic carbocycles. The Bertz CT molecular complexity index is 1400. The summed E-state index contributed by atoms with van der Waals surface area (Å²) in [4.78, 5) is 25.3. The maximum absolute atomic E-state index is 14.0. The zero-order chi connectivity index (χ0) is 32.5. The lowest BCUT2D eigenvalue weighted by atomic mass is 10.1. The zero-order valence-corrected chi connectivity index (χ0v) is 28.2. The van der Waals surface area contributed by atoms with E-state index >= 15 is 0 Å². The number of aromatic nitrogens is 1. The van der Waals surface area contributed by atoms with Gasteiger partial charge in [0.15, 0.2) is 5.75 Å². The number of hydrogen-bond donors (Lipinski definition) is 0. The van der Waals surface area contributed by atoms with Crippen molar-refractivity contribution in [3.8, 4) is 11.5 Å². The van der Waals surface area contributed by atoms with Crippen molar-refractivity contribution >= 4 is 16.6 Å². The first-order valence-electron chi connectivity index (χ1n) is 16.2. The summed E-state index contributed by atoms with van der Waals surface area (Å²) < 4.78 is 14.1. The van der Waals surface area contributed by atoms with Crippen molar-refractivity contribution in [2.24, 2.45) is 0 Å². The molecular weight excluding hydrogens is 552 g/mol. The maximum atomic E-state index is 14.0. The molecule has 242 valence electrons. The Kier molecular flexibility index (Phi) is 16.3. The van der Waals surface area contributed by atoms with Crippen LogP contribution < -0.4 is 15.0 Å². The third-order valence-electron chi connectivity index (χ3n) is 7.61. The molecule has 7 nitrogen and oxygen atoms in total. The molecule has 1 aromatic heterocycles. The number of nitro benzene ring substituents is 1. The van der Waals surface area contributed by atoms with Crippen LogP contribution in [0.3, 0.4) is 0 Å². The van der Waals surface area contributed by atoms with Gasteiger partial charge in [-0.1, -0.05) is 73.5 Å². The van der Waals surface area contributed by atoms with Crippen molar-refractivity contribution < 1.29 is 14.4 Å². The van der Waals surface area contributed by atoms with E-state index in [1.807, 2.05) is 12.2 Å². The highest BCUT2D eigenvalue weighted by Crippen LogP contribution is 2.35. The fourth-order valence-electron chi connectivity index (χ4n) is 4.96. The van der Waals surface area contributed by atoms with Gasteiger partial charge in [0, 0.05) is 24.1 Å². The molecule has 0 fully saturated rings. The Balaban J connectivity index is 2.49. The average molecular weight is 607 g/mol. The van der Waals surface area contributed by atoms with Crippen LogP contribution in [0.1, 0.15) is 113 Å². The topological polar surface area (TPSA) is 83.6 Å². The van der Waals surface area contributed by atoms with E-state index in [0.717, 1.165) is 44.9 Å². The average Bonchev–Trinajstić information content (AvgIpc) is 2.96. The first-order chi connectivity index (χ1) is 21.0. The molecule has 0 atom stereocenters. The molecule has 0 radical (unpaired) electrons. The summed E-state index contributed by atoms with van der Waals surface area (Å²) in [5, 5.41) is 12.3. The highest BCUT2D eigenvalue weighted by molar-refractivity contribution is 5.89. The van der Waals surface area contributed by atoms with E-state index in [0.29, 0.717) is 23.2 Å². The smallest absolute Gasteiger partial charge is 0.297 e. The lowest BCUT2D eigenvalue weighted by molar-refractivity contribution is -0.384. The molecule has 44 heavy (non-hydrogen) atoms. The number of aryl methyl sites for hydroxylation is 1. The molecule has 0 aliphatic rings. The van der Waals surface area contributed by atoms with E-state index in [-0.39, 0.29) is 30.2 Å². The van der Waals surface area contributed by atoms with E-state index in [2.05, 4.69) is 60.6 Å². The van der Waals surface area contributed by atoms with Gasteiger partial charge in [-0.3, -0.25) is 14.9 Å². The van der Waals surface area contributed by atoms with Crippen LogP contribution in [0.25, 0.3) is 10.9 Å². The normalized spacial score (nSPS) is 11.9. The minimum atomic E-state index is -0.425. The number of allylic oxidation sites excluding steroid dienone is 6. The lowest BCUT2D eigenvalue weighted by Gasteiger charge is -2.18. The molecule has 0 bridgehead atoms. The van der Waals surface area contributed by atoms with E-state index in [9.17, 15) is 14.9 Å². The molecule has 0 aliphatic heterocycles. The van der Waals surface area contributed by atoms with Gasteiger partial charge in [-0.25, -0.2) is 0 Å². The Morgan fingerprint density at radius 3 is 1.89 bits per heavy atom. The van der Waals surface area contributed by atoms with Crippen LogP contribution in [0.5, 0.6) is 11.5 Å². The predicted octanol–water partition coefficient (Wildman–Crippen LogP) is 10.4. The molecule has 2 rings (SSSR count). The van der Waals surface area contributed by atoms with E-state index < -0.39 is 4.92 Å². The van der Waals surface area contributed by atoms with Crippen LogP contribution in [0.2, 0.25) is 0 Å². The van der Waals surface area contributed by atoms with Crippen molar-refractivity contribution in [3.05, 3.63) is 85.3 Å². The number of ether oxygens (including phenoxy) is 2. The first kappa shape index (κ1) is 36.6. The standard InChI is InChI=1S/C37H54N2O5/c1-8-9-10-11-12-13-24-38-34-27-32(39(41)42)20-21-33(34)35(43-25-22-30(6)18-14-16-28(2)3)36(37(38)40)44-26-23-31(7)19-15-17-29(4)5/h16-17,20-23,27H,8-15,18-19,24-26H2,1-7H3. The number of pyridine rings is 1. The van der Waals surface area contributed by atoms with Crippen molar-refractivity contribution in [2.75, 3.05) is 13.2 Å². The van der Waals surface area contributed by atoms with Crippen LogP contribution in [0, 0.1) is 10.1 Å². The molecule has 2 aromatic rings. The van der Waals surface area contributed by atoms with Gasteiger partial charge >= 0.3 is 0 Å². The fourth-order valence-corrected chi connectivity index (χ4v) is 4.96. The molecule has 0 spiro atoms. The Morgan fingerprint density at radius 2 is 1.34 bits per heavy atom. The van der Waals surface area contributed by atoms with Gasteiger partial charge in [0.25, 0.3) is 11.2 Å². The van der Waals surface area contributed by atoms with Crippen molar-refractivity contribution in [3.63, 3.8) is 0 Å². The third-order valence-corrected chi connectivity index (χ3v) is 7.61. The van der Waals surface area contributed by atoms with E-state index in [1.54, 1.807) is 10.6 Å². The number of nitrogens with zero attached hydrogens (tertiary/aromatic N) is 2. The summed E-state index contributed by atoms with van der Waals surface area (Å²) in [6.45, 7) is 15.6. The summed E-state index contributed by atoms with van der Waals surface area (Å²) in [7, 11) is 0. The largest absolute Gasteiger partial charge is 0.485 e. The number of nitro groups is 1. The molecule has 1 heterocycles. The minimum absolute atomic E-state index is 0.0573. The zero-order valence-electron chi connectivity index (χ0n) is 28.2. The molecule has 0 saturated heterocycles. The van der Waals surface area contributed by atoms with E-state index in [4.69, 9.17) is 9.47 Å². The quantitative estimate of drug-likeness (QED) is 0.0648. The van der Waals surface area contributed by atoms with Gasteiger partial charge in [0.05, 0.1) is 10.4 Å². The predicted molar refractivity (Wildman–Crippen MR) is 184 cm³/mol. The Hall–Kier alpha value is -3.61. The Morgan fingerprint density at radius 1 is 0.795 bits per heavy atom. The van der Waals surface area contributed by atoms with Crippen LogP contribution in [0.4, 0.5) is 5.69 Å². The lowest BCUT2D eigenvalue weighted by Crippen LogP contribution is -2.24. The molecule has 0 amide bonds. The van der Waals surface area contributed by atoms with Gasteiger partial charge in [-0.2, -0.15) is 0 Å². The van der Waals surface area contributed by atoms with Gasteiger partial charge in [0.2, 0.25) is 5.75 Å². The minimum Gasteiger partial charge on any atom is -0.485 e. The Labute approximate surface area is 264 Å². The number of fused-ring (bicyclic) bond motifs is 1. The van der Waals surface area contributed by atoms with Crippen LogP contribution >= 0.6 is 0 Å². The summed E-state index contributed by atoms with van der Waals surface area (Å²) in [6, 6.07) is 4.63. The van der Waals surface area contributed by atoms with Crippen molar-refractivity contribution in [1.29, 1.82) is 0 Å². The first-order valence-corrected chi connectivity index (χ1v) is 16.2. The van der Waals surface area contributed by atoms with Gasteiger partial charge < -0.3 is 14.0 Å². The second-order valence-corrected chi connectivity index (χ2v) is 12.2. The van der Waals surface area contributed by atoms with Gasteiger partial charge in [-0.15, -0.1) is 0 Å². The number of benzene rings is 1. The van der Waals surface area contributed by atoms with Crippen molar-refractivity contribution in [1.82, 2.24) is 4.57 Å². The number of unbranched alkanes of at least 4 members (excludes halogenated alkanes) is 5. The monoisotopic (exact) mass is 606 g/mol. The number of hydrogen-bond acceptors (Lipinski definition) is 5. The second kappa shape index (κ2) is 19.6. The van der Waals surface area contributed by atoms with Crippen LogP contribution in [-0.4, -0.2) is 22.7 Å². The van der Waals surface area contributed by atoms with E-state index in [1.165, 1.54) is 53.7 Å². The molecule has 0 unspecified atom stereocenters. The maximum Gasteiger partial charge on any atom is 0.297 e. The summed E-state index contributed by atoms with van der Waals surface area (Å²) in [6.07, 6.45) is 18.6. The van der Waals surface area contributed by atoms with Gasteiger partial charge in [-0.05, 0) is 91.9 Å². The SMILES string of the molecule is CCCCCCCCn1c(=O)c(OCC=C(C)CCC=C(C)C)c(OCC=C(C)CCC=C(C)C)c2ccc([N+](=O)[O-])cc21. The van der Waals surface area contributed by atoms with Crippen LogP contribution in [0.15, 0.2) is 69.6 Å². The molecule has 0 N–H and O–H groups in total. The third kappa shape index (κ3) is 12.6. The number of non-ortho nitro benzene ring substituents is 1. The fraction of sp³-hybridized carbons (Fsp3) is 0.541. The van der Waals surface area contributed by atoms with Crippen molar-refractivity contribution in [2.45, 2.75) is 119 Å². The number of rotatable bonds is 20. The summed E-state index contributed by atoms with van der Waals surface area (Å²) in [5.41, 5.74) is 5.08. The highest BCUT2D eigenvalue weighted by Gasteiger charge is 2.21. The second-order valence-electron chi connectivity index (χ2n) is 12.2. The van der Waals surface area contributed by atoms with Crippen LogP contribution in [-0.2, 0) is 6.54 Å². The molecule has 0 aliphatic carbocycles. The molecular formula is C37H54N2O5.